The summed E-state index contributed by atoms with van der Waals surface area (Å²) in [5.41, 5.74) is 6.41. The topological polar surface area (TPSA) is 70.5 Å². The standard InChI is InChI=1S/C28H28ClN5O/c29-25-17-30-14-11-24(25)28(35)33-16-20-5-1-6-21(15-20)18-34(19-23-9-4-12-31-23)26-10-2-7-22-8-3-13-32-27(22)26/h1,3-6,8,11-15,17,26H,2,7,9-10,16,18-19H2,(H,33,35). The van der Waals surface area contributed by atoms with Crippen molar-refractivity contribution in [2.24, 2.45) is 4.99 Å². The molecular weight excluding hydrogens is 458 g/mol. The molecule has 1 aromatic carbocycles. The number of carbonyl (C=O) groups excluding carboxylic acids is 1. The Balaban J connectivity index is 1.32. The number of aromatic nitrogens is 2. The Morgan fingerprint density at radius 2 is 2.03 bits per heavy atom. The number of amides is 1. The second-order valence-corrected chi connectivity index (χ2v) is 9.41. The Bertz CT molecular complexity index is 1270. The Labute approximate surface area is 210 Å². The number of benzene rings is 1. The van der Waals surface area contributed by atoms with Gasteiger partial charge < -0.3 is 5.32 Å². The molecule has 35 heavy (non-hydrogen) atoms. The molecule has 7 heteroatoms. The van der Waals surface area contributed by atoms with Crippen molar-refractivity contribution in [3.8, 4) is 0 Å². The monoisotopic (exact) mass is 485 g/mol. The van der Waals surface area contributed by atoms with Crippen molar-refractivity contribution in [1.82, 2.24) is 20.2 Å². The zero-order valence-electron chi connectivity index (χ0n) is 19.5. The van der Waals surface area contributed by atoms with Gasteiger partial charge in [-0.05, 0) is 48.1 Å². The number of rotatable bonds is 8. The van der Waals surface area contributed by atoms with Crippen LogP contribution in [0.4, 0.5) is 0 Å². The first kappa shape index (κ1) is 23.4. The number of pyridine rings is 2. The van der Waals surface area contributed by atoms with E-state index in [4.69, 9.17) is 16.6 Å². The van der Waals surface area contributed by atoms with E-state index in [1.54, 1.807) is 12.3 Å². The zero-order chi connectivity index (χ0) is 24.0. The zero-order valence-corrected chi connectivity index (χ0v) is 20.3. The smallest absolute Gasteiger partial charge is 0.253 e. The van der Waals surface area contributed by atoms with E-state index in [1.807, 2.05) is 24.5 Å². The highest BCUT2D eigenvalue weighted by atomic mass is 35.5. The van der Waals surface area contributed by atoms with Gasteiger partial charge in [-0.25, -0.2) is 0 Å². The van der Waals surface area contributed by atoms with Crippen LogP contribution in [0.1, 0.15) is 58.0 Å². The molecular formula is C28H28ClN5O. The van der Waals surface area contributed by atoms with Gasteiger partial charge in [0.1, 0.15) is 0 Å². The van der Waals surface area contributed by atoms with Crippen molar-refractivity contribution in [3.63, 3.8) is 0 Å². The van der Waals surface area contributed by atoms with Gasteiger partial charge in [0.2, 0.25) is 0 Å². The molecule has 3 heterocycles. The van der Waals surface area contributed by atoms with E-state index in [-0.39, 0.29) is 11.9 Å². The van der Waals surface area contributed by atoms with Crippen LogP contribution >= 0.6 is 11.6 Å². The molecule has 0 radical (unpaired) electrons. The van der Waals surface area contributed by atoms with Gasteiger partial charge in [-0.3, -0.25) is 24.7 Å². The number of nitrogens with one attached hydrogen (secondary N) is 1. The number of aryl methyl sites for hydroxylation is 1. The average molecular weight is 486 g/mol. The highest BCUT2D eigenvalue weighted by Gasteiger charge is 2.28. The second kappa shape index (κ2) is 10.9. The van der Waals surface area contributed by atoms with Crippen LogP contribution in [0.5, 0.6) is 0 Å². The minimum atomic E-state index is -0.207. The molecule has 0 spiro atoms. The number of allylic oxidation sites excluding steroid dienone is 1. The molecule has 0 saturated carbocycles. The highest BCUT2D eigenvalue weighted by molar-refractivity contribution is 6.33. The molecule has 3 aromatic rings. The van der Waals surface area contributed by atoms with Crippen LogP contribution in [-0.4, -0.2) is 33.0 Å². The number of hydrogen-bond acceptors (Lipinski definition) is 5. The molecule has 0 saturated heterocycles. The van der Waals surface area contributed by atoms with E-state index in [0.717, 1.165) is 44.3 Å². The molecule has 6 nitrogen and oxygen atoms in total. The molecule has 0 fully saturated rings. The van der Waals surface area contributed by atoms with Gasteiger partial charge in [-0.1, -0.05) is 48.0 Å². The first-order valence-corrected chi connectivity index (χ1v) is 12.4. The summed E-state index contributed by atoms with van der Waals surface area (Å²) in [5.74, 6) is -0.207. The summed E-state index contributed by atoms with van der Waals surface area (Å²) >= 11 is 6.11. The lowest BCUT2D eigenvalue weighted by atomic mass is 9.90. The summed E-state index contributed by atoms with van der Waals surface area (Å²) in [5, 5.41) is 3.32. The molecule has 1 aliphatic heterocycles. The number of fused-ring (bicyclic) bond motifs is 1. The molecule has 2 aromatic heterocycles. The van der Waals surface area contributed by atoms with Crippen molar-refractivity contribution in [2.45, 2.75) is 44.8 Å². The van der Waals surface area contributed by atoms with Crippen LogP contribution in [0.3, 0.4) is 0 Å². The minimum Gasteiger partial charge on any atom is -0.348 e. The van der Waals surface area contributed by atoms with Crippen molar-refractivity contribution in [3.05, 3.63) is 106 Å². The van der Waals surface area contributed by atoms with Crippen molar-refractivity contribution in [2.75, 3.05) is 6.54 Å². The van der Waals surface area contributed by atoms with Crippen molar-refractivity contribution >= 4 is 23.2 Å². The van der Waals surface area contributed by atoms with Crippen molar-refractivity contribution in [1.29, 1.82) is 0 Å². The van der Waals surface area contributed by atoms with E-state index in [2.05, 4.69) is 50.5 Å². The van der Waals surface area contributed by atoms with E-state index < -0.39 is 0 Å². The molecule has 1 N–H and O–H groups in total. The summed E-state index contributed by atoms with van der Waals surface area (Å²) in [6.07, 6.45) is 13.2. The molecule has 0 bridgehead atoms. The maximum absolute atomic E-state index is 12.6. The molecule has 5 rings (SSSR count). The van der Waals surface area contributed by atoms with Gasteiger partial charge in [0.05, 0.1) is 22.3 Å². The molecule has 178 valence electrons. The lowest BCUT2D eigenvalue weighted by Gasteiger charge is -2.35. The van der Waals surface area contributed by atoms with E-state index in [1.165, 1.54) is 28.7 Å². The maximum atomic E-state index is 12.6. The number of carbonyl (C=O) groups is 1. The predicted molar refractivity (Wildman–Crippen MR) is 138 cm³/mol. The largest absolute Gasteiger partial charge is 0.348 e. The van der Waals surface area contributed by atoms with E-state index in [0.29, 0.717) is 17.1 Å². The number of hydrogen-bond donors (Lipinski definition) is 1. The SMILES string of the molecule is O=C(NCc1cccc(CN(CC2=NC=CC2)C2CCCc3cccnc32)c1)c1ccncc1Cl. The summed E-state index contributed by atoms with van der Waals surface area (Å²) in [4.78, 5) is 28.4. The average Bonchev–Trinajstić information content (AvgIpc) is 3.40. The van der Waals surface area contributed by atoms with Gasteiger partial charge >= 0.3 is 0 Å². The summed E-state index contributed by atoms with van der Waals surface area (Å²) in [6.45, 7) is 2.03. The summed E-state index contributed by atoms with van der Waals surface area (Å²) in [6, 6.07) is 14.5. The molecule has 1 amide bonds. The molecule has 1 aliphatic carbocycles. The van der Waals surface area contributed by atoms with Crippen LogP contribution < -0.4 is 5.32 Å². The Hall–Kier alpha value is -3.35. The lowest BCUT2D eigenvalue weighted by Crippen LogP contribution is -2.35. The van der Waals surface area contributed by atoms with Crippen LogP contribution in [0.15, 0.2) is 78.3 Å². The van der Waals surface area contributed by atoms with Gasteiger partial charge in [0.15, 0.2) is 0 Å². The molecule has 1 atom stereocenters. The number of nitrogens with zero attached hydrogens (tertiary/aromatic N) is 4. The molecule has 1 unspecified atom stereocenters. The van der Waals surface area contributed by atoms with Gasteiger partial charge in [-0.15, -0.1) is 0 Å². The van der Waals surface area contributed by atoms with Crippen LogP contribution in [-0.2, 0) is 19.5 Å². The normalized spacial score (nSPS) is 16.7. The Morgan fingerprint density at radius 1 is 1.11 bits per heavy atom. The van der Waals surface area contributed by atoms with Gasteiger partial charge in [0, 0.05) is 56.6 Å². The van der Waals surface area contributed by atoms with Crippen LogP contribution in [0, 0.1) is 0 Å². The fourth-order valence-corrected chi connectivity index (χ4v) is 5.07. The van der Waals surface area contributed by atoms with Crippen LogP contribution in [0.25, 0.3) is 0 Å². The predicted octanol–water partition coefficient (Wildman–Crippen LogP) is 5.30. The maximum Gasteiger partial charge on any atom is 0.253 e. The quantitative estimate of drug-likeness (QED) is 0.470. The number of halogens is 1. The fourth-order valence-electron chi connectivity index (χ4n) is 4.87. The Kier molecular flexibility index (Phi) is 7.31. The van der Waals surface area contributed by atoms with Crippen molar-refractivity contribution < 1.29 is 4.79 Å². The third-order valence-corrected chi connectivity index (χ3v) is 6.86. The highest BCUT2D eigenvalue weighted by Crippen LogP contribution is 2.34. The van der Waals surface area contributed by atoms with Gasteiger partial charge in [0.25, 0.3) is 5.91 Å². The number of aliphatic imine (C=N–C) groups is 1. The lowest BCUT2D eigenvalue weighted by molar-refractivity contribution is 0.0951. The first-order valence-electron chi connectivity index (χ1n) is 12.0. The first-order chi connectivity index (χ1) is 17.2. The second-order valence-electron chi connectivity index (χ2n) is 9.00. The van der Waals surface area contributed by atoms with E-state index >= 15 is 0 Å². The van der Waals surface area contributed by atoms with Crippen LogP contribution in [0.2, 0.25) is 5.02 Å². The Morgan fingerprint density at radius 3 is 2.89 bits per heavy atom. The molecule has 2 aliphatic rings. The third-order valence-electron chi connectivity index (χ3n) is 6.55. The third kappa shape index (κ3) is 5.66. The summed E-state index contributed by atoms with van der Waals surface area (Å²) in [7, 11) is 0. The van der Waals surface area contributed by atoms with E-state index in [9.17, 15) is 4.79 Å². The fraction of sp³-hybridized carbons (Fsp3) is 0.286. The minimum absolute atomic E-state index is 0.207. The summed E-state index contributed by atoms with van der Waals surface area (Å²) < 4.78 is 0. The van der Waals surface area contributed by atoms with Gasteiger partial charge in [-0.2, -0.15) is 0 Å².